The summed E-state index contributed by atoms with van der Waals surface area (Å²) < 4.78 is 16.9. The van der Waals surface area contributed by atoms with Crippen molar-refractivity contribution in [1.82, 2.24) is 0 Å². The van der Waals surface area contributed by atoms with E-state index >= 15 is 0 Å². The third-order valence-electron chi connectivity index (χ3n) is 13.3. The summed E-state index contributed by atoms with van der Waals surface area (Å²) in [5.41, 5.74) is 0. The third kappa shape index (κ3) is 64.0. The second kappa shape index (κ2) is 65.8. The zero-order chi connectivity index (χ0) is 57.1. The van der Waals surface area contributed by atoms with Crippen LogP contribution >= 0.6 is 0 Å². The molecule has 0 aromatic carbocycles. The number of unbranched alkanes of at least 4 members (excludes halogenated alkanes) is 22. The molecule has 446 valence electrons. The highest BCUT2D eigenvalue weighted by atomic mass is 16.6. The smallest absolute Gasteiger partial charge is 0.306 e. The quantitative estimate of drug-likeness (QED) is 0.0261. The lowest BCUT2D eigenvalue weighted by Gasteiger charge is -2.18. The molecule has 1 unspecified atom stereocenters. The largest absolute Gasteiger partial charge is 0.462 e. The van der Waals surface area contributed by atoms with Gasteiger partial charge in [0, 0.05) is 19.3 Å². The van der Waals surface area contributed by atoms with Crippen LogP contribution in [0.4, 0.5) is 0 Å². The molecule has 0 aliphatic carbocycles. The Balaban J connectivity index is 4.31. The van der Waals surface area contributed by atoms with Crippen molar-refractivity contribution in [1.29, 1.82) is 0 Å². The van der Waals surface area contributed by atoms with E-state index in [1.54, 1.807) is 0 Å². The molecule has 0 amide bonds. The van der Waals surface area contributed by atoms with E-state index < -0.39 is 6.10 Å². The van der Waals surface area contributed by atoms with Crippen molar-refractivity contribution in [3.63, 3.8) is 0 Å². The summed E-state index contributed by atoms with van der Waals surface area (Å²) in [4.78, 5) is 38.2. The molecule has 1 atom stereocenters. The van der Waals surface area contributed by atoms with Crippen LogP contribution in [0.15, 0.2) is 146 Å². The Morgan fingerprint density at radius 2 is 0.494 bits per heavy atom. The molecule has 0 rings (SSSR count). The Hall–Kier alpha value is -4.71. The van der Waals surface area contributed by atoms with Gasteiger partial charge >= 0.3 is 17.9 Å². The van der Waals surface area contributed by atoms with Gasteiger partial charge in [0.15, 0.2) is 6.10 Å². The molecule has 0 fully saturated rings. The van der Waals surface area contributed by atoms with E-state index in [1.807, 2.05) is 0 Å². The summed E-state index contributed by atoms with van der Waals surface area (Å²) >= 11 is 0. The maximum Gasteiger partial charge on any atom is 0.306 e. The van der Waals surface area contributed by atoms with Gasteiger partial charge in [0.1, 0.15) is 13.2 Å². The highest BCUT2D eigenvalue weighted by Gasteiger charge is 2.19. The molecule has 0 saturated carbocycles. The fourth-order valence-corrected chi connectivity index (χ4v) is 8.57. The van der Waals surface area contributed by atoms with Crippen molar-refractivity contribution in [2.24, 2.45) is 0 Å². The summed E-state index contributed by atoms with van der Waals surface area (Å²) in [6, 6.07) is 0. The Morgan fingerprint density at radius 1 is 0.266 bits per heavy atom. The molecule has 6 nitrogen and oxygen atoms in total. The molecule has 0 spiro atoms. The van der Waals surface area contributed by atoms with Crippen molar-refractivity contribution in [2.75, 3.05) is 13.2 Å². The Labute approximate surface area is 487 Å². The normalized spacial score (nSPS) is 13.1. The minimum atomic E-state index is -0.795. The van der Waals surface area contributed by atoms with E-state index in [9.17, 15) is 14.4 Å². The average Bonchev–Trinajstić information content (AvgIpc) is 3.45. The number of rotatable bonds is 57. The number of carbonyl (C=O) groups is 3. The fourth-order valence-electron chi connectivity index (χ4n) is 8.57. The average molecular weight is 1090 g/mol. The number of esters is 3. The zero-order valence-corrected chi connectivity index (χ0v) is 51.1. The minimum absolute atomic E-state index is 0.0898. The second-order valence-corrected chi connectivity index (χ2v) is 20.9. The van der Waals surface area contributed by atoms with E-state index in [4.69, 9.17) is 14.2 Å². The monoisotopic (exact) mass is 1090 g/mol. The van der Waals surface area contributed by atoms with Gasteiger partial charge < -0.3 is 14.2 Å². The topological polar surface area (TPSA) is 78.9 Å². The van der Waals surface area contributed by atoms with Gasteiger partial charge in [0.25, 0.3) is 0 Å². The van der Waals surface area contributed by atoms with Crippen LogP contribution in [0.1, 0.15) is 278 Å². The SMILES string of the molecule is CC/C=C\C/C=C\C/C=C\C/C=C\C/C=C\C/C=C\C/C=C\CCCCCCCC(=O)OCC(COC(=O)CCCCCCCCCCC)OC(=O)CCCCCCCCCCC/C=C\C/C=C\C/C=C\C/C=C\C/C=C\CC. The van der Waals surface area contributed by atoms with E-state index in [-0.39, 0.29) is 31.1 Å². The van der Waals surface area contributed by atoms with Gasteiger partial charge in [-0.3, -0.25) is 14.4 Å². The van der Waals surface area contributed by atoms with Gasteiger partial charge in [-0.15, -0.1) is 0 Å². The van der Waals surface area contributed by atoms with Crippen molar-refractivity contribution in [3.05, 3.63) is 146 Å². The lowest BCUT2D eigenvalue weighted by atomic mass is 10.1. The molecule has 0 bridgehead atoms. The number of hydrogen-bond donors (Lipinski definition) is 0. The predicted molar refractivity (Wildman–Crippen MR) is 343 cm³/mol. The first-order valence-electron chi connectivity index (χ1n) is 32.3. The number of carbonyl (C=O) groups excluding carboxylic acids is 3. The first-order chi connectivity index (χ1) is 39.0. The van der Waals surface area contributed by atoms with E-state index in [0.717, 1.165) is 161 Å². The van der Waals surface area contributed by atoms with Crippen molar-refractivity contribution >= 4 is 17.9 Å². The molecule has 79 heavy (non-hydrogen) atoms. The maximum absolute atomic E-state index is 12.9. The Morgan fingerprint density at radius 3 is 0.772 bits per heavy atom. The van der Waals surface area contributed by atoms with Gasteiger partial charge in [-0.1, -0.05) is 282 Å². The van der Waals surface area contributed by atoms with Gasteiger partial charge in [-0.05, 0) is 122 Å². The standard InChI is InChI=1S/C73H118O6/c1-4-7-10-13-16-19-21-23-25-27-29-31-33-35-36-38-39-41-43-45-47-49-51-54-57-60-63-66-72(75)78-69-70(68-77-71(74)65-62-59-56-53-18-15-12-9-6-3)79-73(76)67-64-61-58-55-52-50-48-46-44-42-40-37-34-32-30-28-26-24-22-20-17-14-11-8-5-2/h7-8,10-11,16-17,19-20,23-26,29-32,35-37,39-41,45,47,70H,4-6,9,12-15,18,21-22,27-28,33-34,38,42-44,46,48-69H2,1-3H3/b10-7-,11-8-,19-16-,20-17-,25-23-,26-24-,31-29-,32-30-,36-35-,40-37-,41-39-,47-45-. The van der Waals surface area contributed by atoms with Crippen LogP contribution in [0.25, 0.3) is 0 Å². The van der Waals surface area contributed by atoms with Crippen LogP contribution in [0.3, 0.4) is 0 Å². The number of allylic oxidation sites excluding steroid dienone is 24. The summed E-state index contributed by atoms with van der Waals surface area (Å²) in [5.74, 6) is -0.919. The van der Waals surface area contributed by atoms with E-state index in [0.29, 0.717) is 19.3 Å². The van der Waals surface area contributed by atoms with Crippen LogP contribution < -0.4 is 0 Å². The van der Waals surface area contributed by atoms with Gasteiger partial charge in [-0.25, -0.2) is 0 Å². The highest BCUT2D eigenvalue weighted by molar-refractivity contribution is 5.71. The molecule has 0 aliphatic rings. The molecule has 0 heterocycles. The fraction of sp³-hybridized carbons (Fsp3) is 0.630. The zero-order valence-electron chi connectivity index (χ0n) is 51.1. The van der Waals surface area contributed by atoms with Crippen LogP contribution in [0.5, 0.6) is 0 Å². The lowest BCUT2D eigenvalue weighted by Crippen LogP contribution is -2.30. The summed E-state index contributed by atoms with van der Waals surface area (Å²) in [5, 5.41) is 0. The summed E-state index contributed by atoms with van der Waals surface area (Å²) in [6.07, 6.45) is 94.3. The second-order valence-electron chi connectivity index (χ2n) is 20.9. The number of hydrogen-bond acceptors (Lipinski definition) is 6. The molecule has 0 aromatic rings. The summed E-state index contributed by atoms with van der Waals surface area (Å²) in [6.45, 7) is 6.37. The molecule has 0 saturated heterocycles. The van der Waals surface area contributed by atoms with E-state index in [2.05, 4.69) is 167 Å². The van der Waals surface area contributed by atoms with Crippen LogP contribution in [0, 0.1) is 0 Å². The molecule has 0 aromatic heterocycles. The van der Waals surface area contributed by atoms with Crippen LogP contribution in [-0.2, 0) is 28.6 Å². The van der Waals surface area contributed by atoms with Gasteiger partial charge in [-0.2, -0.15) is 0 Å². The van der Waals surface area contributed by atoms with Crippen molar-refractivity contribution in [3.8, 4) is 0 Å². The highest BCUT2D eigenvalue weighted by Crippen LogP contribution is 2.15. The van der Waals surface area contributed by atoms with Crippen molar-refractivity contribution in [2.45, 2.75) is 284 Å². The molecule has 0 aliphatic heterocycles. The van der Waals surface area contributed by atoms with Crippen molar-refractivity contribution < 1.29 is 28.6 Å². The molecule has 0 radical (unpaired) electrons. The third-order valence-corrected chi connectivity index (χ3v) is 13.3. The predicted octanol–water partition coefficient (Wildman–Crippen LogP) is 22.3. The lowest BCUT2D eigenvalue weighted by molar-refractivity contribution is -0.167. The molecular weight excluding hydrogens is 973 g/mol. The molecule has 0 N–H and O–H groups in total. The minimum Gasteiger partial charge on any atom is -0.462 e. The first-order valence-corrected chi connectivity index (χ1v) is 32.3. The maximum atomic E-state index is 12.9. The van der Waals surface area contributed by atoms with Gasteiger partial charge in [0.2, 0.25) is 0 Å². The molecule has 6 heteroatoms. The first kappa shape index (κ1) is 74.3. The number of ether oxygens (including phenoxy) is 3. The summed E-state index contributed by atoms with van der Waals surface area (Å²) in [7, 11) is 0. The van der Waals surface area contributed by atoms with Gasteiger partial charge in [0.05, 0.1) is 0 Å². The van der Waals surface area contributed by atoms with Crippen LogP contribution in [-0.4, -0.2) is 37.2 Å². The Bertz CT molecular complexity index is 1730. The van der Waals surface area contributed by atoms with Crippen LogP contribution in [0.2, 0.25) is 0 Å². The molecular formula is C73H118O6. The van der Waals surface area contributed by atoms with E-state index in [1.165, 1.54) is 77.0 Å². The Kier molecular flexibility index (Phi) is 61.9.